The van der Waals surface area contributed by atoms with Crippen molar-refractivity contribution >= 4 is 11.6 Å². The van der Waals surface area contributed by atoms with E-state index in [4.69, 9.17) is 4.74 Å². The second-order valence-electron chi connectivity index (χ2n) is 9.98. The van der Waals surface area contributed by atoms with Gasteiger partial charge in [0.25, 0.3) is 0 Å². The van der Waals surface area contributed by atoms with Gasteiger partial charge in [0.2, 0.25) is 5.91 Å². The van der Waals surface area contributed by atoms with E-state index in [1.807, 2.05) is 0 Å². The first-order valence-electron chi connectivity index (χ1n) is 12.6. The third-order valence-electron chi connectivity index (χ3n) is 7.23. The van der Waals surface area contributed by atoms with Crippen LogP contribution in [0.3, 0.4) is 0 Å². The predicted octanol–water partition coefficient (Wildman–Crippen LogP) is 3.65. The van der Waals surface area contributed by atoms with Crippen LogP contribution in [0.15, 0.2) is 42.5 Å². The molecule has 3 atom stereocenters. The molecule has 0 spiro atoms. The maximum atomic E-state index is 14.6. The minimum Gasteiger partial charge on any atom is -0.487 e. The van der Waals surface area contributed by atoms with E-state index in [0.29, 0.717) is 31.6 Å². The van der Waals surface area contributed by atoms with Gasteiger partial charge in [-0.05, 0) is 87.2 Å². The Morgan fingerprint density at radius 2 is 1.80 bits per heavy atom. The van der Waals surface area contributed by atoms with Crippen molar-refractivity contribution in [1.29, 1.82) is 0 Å². The normalized spacial score (nSPS) is 22.3. The van der Waals surface area contributed by atoms with Crippen LogP contribution in [0.25, 0.3) is 0 Å². The molecule has 2 N–H and O–H groups in total. The van der Waals surface area contributed by atoms with Gasteiger partial charge in [-0.25, -0.2) is 8.78 Å². The summed E-state index contributed by atoms with van der Waals surface area (Å²) in [5.41, 5.74) is 1.31. The standard InChI is InChI=1S/C27H33F2N3O3/c28-20-4-6-21(7-5-20)32-14-11-19(16-32)27(34)30-24(17-31-12-1-2-13-31)26(33)18-3-10-25(23(29)15-18)35-22-8-9-22/h3-7,10,15,19,22,24,26,33H,1-2,8-9,11-14,16-17H2,(H,30,34)/t19-,24+,26+/m0/s1. The summed E-state index contributed by atoms with van der Waals surface area (Å²) >= 11 is 0. The second-order valence-corrected chi connectivity index (χ2v) is 9.98. The zero-order chi connectivity index (χ0) is 24.4. The molecule has 5 rings (SSSR count). The molecule has 2 aromatic carbocycles. The molecule has 0 radical (unpaired) electrons. The molecule has 3 aliphatic rings. The summed E-state index contributed by atoms with van der Waals surface area (Å²) in [5, 5.41) is 14.3. The van der Waals surface area contributed by atoms with E-state index < -0.39 is 18.0 Å². The summed E-state index contributed by atoms with van der Waals surface area (Å²) in [6.45, 7) is 3.58. The van der Waals surface area contributed by atoms with Crippen molar-refractivity contribution in [3.8, 4) is 5.75 Å². The fraction of sp³-hybridized carbons (Fsp3) is 0.519. The number of benzene rings is 2. The highest BCUT2D eigenvalue weighted by Crippen LogP contribution is 2.31. The number of amides is 1. The molecule has 1 aliphatic carbocycles. The molecule has 2 heterocycles. The molecule has 3 fully saturated rings. The molecule has 1 amide bonds. The van der Waals surface area contributed by atoms with Gasteiger partial charge in [0.15, 0.2) is 11.6 Å². The second kappa shape index (κ2) is 10.5. The Morgan fingerprint density at radius 1 is 1.06 bits per heavy atom. The fourth-order valence-electron chi connectivity index (χ4n) is 5.02. The highest BCUT2D eigenvalue weighted by atomic mass is 19.1. The summed E-state index contributed by atoms with van der Waals surface area (Å²) in [7, 11) is 0. The van der Waals surface area contributed by atoms with Gasteiger partial charge in [0.05, 0.1) is 18.1 Å². The number of carbonyl (C=O) groups is 1. The number of nitrogens with one attached hydrogen (secondary N) is 1. The maximum absolute atomic E-state index is 14.6. The van der Waals surface area contributed by atoms with Crippen LogP contribution in [-0.4, -0.2) is 60.8 Å². The molecular formula is C27H33F2N3O3. The Hall–Kier alpha value is -2.71. The summed E-state index contributed by atoms with van der Waals surface area (Å²) in [5.74, 6) is -0.934. The summed E-state index contributed by atoms with van der Waals surface area (Å²) in [6.07, 6.45) is 3.78. The number of likely N-dealkylation sites (tertiary alicyclic amines) is 1. The Labute approximate surface area is 204 Å². The fourth-order valence-corrected chi connectivity index (χ4v) is 5.02. The minimum absolute atomic E-state index is 0.0864. The Balaban J connectivity index is 1.26. The van der Waals surface area contributed by atoms with Crippen LogP contribution in [0.4, 0.5) is 14.5 Å². The number of rotatable bonds is 9. The number of carbonyl (C=O) groups excluding carboxylic acids is 1. The molecular weight excluding hydrogens is 452 g/mol. The number of aliphatic hydroxyl groups excluding tert-OH is 1. The number of aliphatic hydroxyl groups is 1. The average molecular weight is 486 g/mol. The molecule has 2 aromatic rings. The van der Waals surface area contributed by atoms with Crippen molar-refractivity contribution < 1.29 is 23.4 Å². The molecule has 0 unspecified atom stereocenters. The number of ether oxygens (including phenoxy) is 1. The van der Waals surface area contributed by atoms with E-state index in [2.05, 4.69) is 15.1 Å². The van der Waals surface area contributed by atoms with E-state index in [1.54, 1.807) is 24.3 Å². The van der Waals surface area contributed by atoms with E-state index >= 15 is 0 Å². The zero-order valence-corrected chi connectivity index (χ0v) is 19.8. The van der Waals surface area contributed by atoms with E-state index in [0.717, 1.165) is 44.5 Å². The molecule has 2 saturated heterocycles. The first-order valence-corrected chi connectivity index (χ1v) is 12.6. The molecule has 8 heteroatoms. The monoisotopic (exact) mass is 485 g/mol. The lowest BCUT2D eigenvalue weighted by Gasteiger charge is -2.30. The summed E-state index contributed by atoms with van der Waals surface area (Å²) in [4.78, 5) is 17.5. The molecule has 0 aromatic heterocycles. The smallest absolute Gasteiger partial charge is 0.225 e. The van der Waals surface area contributed by atoms with Crippen LogP contribution in [0.1, 0.15) is 43.8 Å². The lowest BCUT2D eigenvalue weighted by molar-refractivity contribution is -0.126. The zero-order valence-electron chi connectivity index (χ0n) is 19.8. The topological polar surface area (TPSA) is 65.0 Å². The van der Waals surface area contributed by atoms with Crippen LogP contribution in [0.2, 0.25) is 0 Å². The largest absolute Gasteiger partial charge is 0.487 e. The molecule has 188 valence electrons. The van der Waals surface area contributed by atoms with Crippen LogP contribution in [0, 0.1) is 17.6 Å². The lowest BCUT2D eigenvalue weighted by atomic mass is 9.99. The van der Waals surface area contributed by atoms with Crippen molar-refractivity contribution in [3.63, 3.8) is 0 Å². The Bertz CT molecular complexity index is 1020. The van der Waals surface area contributed by atoms with Gasteiger partial charge in [0.1, 0.15) is 11.9 Å². The van der Waals surface area contributed by atoms with E-state index in [1.165, 1.54) is 18.2 Å². The SMILES string of the molecule is O=C(N[C@H](CN1CCCC1)[C@H](O)c1ccc(OC2CC2)c(F)c1)[C@H]1CCN(c2ccc(F)cc2)C1. The van der Waals surface area contributed by atoms with E-state index in [9.17, 15) is 18.7 Å². The van der Waals surface area contributed by atoms with Gasteiger partial charge in [-0.1, -0.05) is 6.07 Å². The first-order chi connectivity index (χ1) is 17.0. The highest BCUT2D eigenvalue weighted by Gasteiger charge is 2.33. The van der Waals surface area contributed by atoms with Gasteiger partial charge in [-0.15, -0.1) is 0 Å². The van der Waals surface area contributed by atoms with Crippen molar-refractivity contribution in [2.75, 3.05) is 37.6 Å². The Kier molecular flexibility index (Phi) is 7.20. The predicted molar refractivity (Wildman–Crippen MR) is 129 cm³/mol. The third kappa shape index (κ3) is 5.93. The summed E-state index contributed by atoms with van der Waals surface area (Å²) in [6, 6.07) is 10.3. The third-order valence-corrected chi connectivity index (χ3v) is 7.23. The highest BCUT2D eigenvalue weighted by molar-refractivity contribution is 5.80. The number of nitrogens with zero attached hydrogens (tertiary/aromatic N) is 2. The number of anilines is 1. The lowest BCUT2D eigenvalue weighted by Crippen LogP contribution is -2.48. The molecule has 0 bridgehead atoms. The van der Waals surface area contributed by atoms with Gasteiger partial charge >= 0.3 is 0 Å². The van der Waals surface area contributed by atoms with Gasteiger partial charge in [-0.2, -0.15) is 0 Å². The molecule has 6 nitrogen and oxygen atoms in total. The minimum atomic E-state index is -1.04. The van der Waals surface area contributed by atoms with Gasteiger partial charge in [0, 0.05) is 25.3 Å². The van der Waals surface area contributed by atoms with E-state index in [-0.39, 0.29) is 29.5 Å². The van der Waals surface area contributed by atoms with Crippen LogP contribution in [-0.2, 0) is 4.79 Å². The average Bonchev–Trinajstić information content (AvgIpc) is 3.30. The molecule has 35 heavy (non-hydrogen) atoms. The van der Waals surface area contributed by atoms with Crippen LogP contribution in [0.5, 0.6) is 5.75 Å². The Morgan fingerprint density at radius 3 is 2.49 bits per heavy atom. The number of hydrogen-bond donors (Lipinski definition) is 2. The first kappa shape index (κ1) is 24.0. The summed E-state index contributed by atoms with van der Waals surface area (Å²) < 4.78 is 33.5. The number of hydrogen-bond acceptors (Lipinski definition) is 5. The maximum Gasteiger partial charge on any atom is 0.225 e. The number of halogens is 2. The van der Waals surface area contributed by atoms with Crippen molar-refractivity contribution in [1.82, 2.24) is 10.2 Å². The van der Waals surface area contributed by atoms with Gasteiger partial charge < -0.3 is 25.0 Å². The quantitative estimate of drug-likeness (QED) is 0.568. The molecule has 1 saturated carbocycles. The van der Waals surface area contributed by atoms with Crippen molar-refractivity contribution in [2.45, 2.75) is 50.4 Å². The van der Waals surface area contributed by atoms with Crippen LogP contribution >= 0.6 is 0 Å². The molecule has 2 aliphatic heterocycles. The van der Waals surface area contributed by atoms with Gasteiger partial charge in [-0.3, -0.25) is 4.79 Å². The van der Waals surface area contributed by atoms with Crippen molar-refractivity contribution in [3.05, 3.63) is 59.7 Å². The van der Waals surface area contributed by atoms with Crippen LogP contribution < -0.4 is 15.0 Å². The van der Waals surface area contributed by atoms with Crippen molar-refractivity contribution in [2.24, 2.45) is 5.92 Å².